The minimum atomic E-state index is -0.716. The first-order valence-corrected chi connectivity index (χ1v) is 11.0. The second-order valence-electron chi connectivity index (χ2n) is 7.16. The van der Waals surface area contributed by atoms with Gasteiger partial charge < -0.3 is 4.74 Å². The van der Waals surface area contributed by atoms with Crippen molar-refractivity contribution >= 4 is 20.8 Å². The van der Waals surface area contributed by atoms with Crippen LogP contribution in [0.4, 0.5) is 0 Å². The Morgan fingerprint density at radius 3 is 2.50 bits per heavy atom. The third-order valence-electron chi connectivity index (χ3n) is 5.37. The fourth-order valence-electron chi connectivity index (χ4n) is 3.83. The molecule has 2 aliphatic rings. The first-order valence-electron chi connectivity index (χ1n) is 8.59. The number of ether oxygens (including phenoxy) is 1. The number of rotatable bonds is 4. The van der Waals surface area contributed by atoms with E-state index in [9.17, 15) is 0 Å². The molecular weight excluding hydrogens is 288 g/mol. The van der Waals surface area contributed by atoms with Crippen LogP contribution in [0, 0.1) is 5.92 Å². The molecule has 0 N–H and O–H groups in total. The second kappa shape index (κ2) is 5.49. The Morgan fingerprint density at radius 1 is 1.05 bits per heavy atom. The predicted octanol–water partition coefficient (Wildman–Crippen LogP) is 5.60. The van der Waals surface area contributed by atoms with Gasteiger partial charge in [0.25, 0.3) is 0 Å². The van der Waals surface area contributed by atoms with Crippen LogP contribution < -0.4 is 4.74 Å². The normalized spacial score (nSPS) is 23.4. The highest BCUT2D eigenvalue weighted by Gasteiger charge is 2.33. The molecule has 2 fully saturated rings. The van der Waals surface area contributed by atoms with Crippen LogP contribution in [-0.4, -0.2) is 23.9 Å². The summed E-state index contributed by atoms with van der Waals surface area (Å²) in [6, 6.07) is 13.3. The summed E-state index contributed by atoms with van der Waals surface area (Å²) in [5, 5.41) is 2.80. The summed E-state index contributed by atoms with van der Waals surface area (Å²) < 4.78 is 6.48. The molecule has 0 spiro atoms. The Hall–Kier alpha value is -1.15. The van der Waals surface area contributed by atoms with Crippen LogP contribution in [0.15, 0.2) is 41.3 Å². The molecule has 1 saturated heterocycles. The average Bonchev–Trinajstić information content (AvgIpc) is 3.29. The zero-order valence-corrected chi connectivity index (χ0v) is 14.5. The van der Waals surface area contributed by atoms with Crippen LogP contribution in [0.1, 0.15) is 32.6 Å². The van der Waals surface area contributed by atoms with Crippen molar-refractivity contribution in [1.82, 2.24) is 0 Å². The molecule has 0 bridgehead atoms. The number of fused-ring (bicyclic) bond motifs is 1. The number of hydrogen-bond donors (Lipinski definition) is 0. The lowest BCUT2D eigenvalue weighted by Gasteiger charge is -2.34. The van der Waals surface area contributed by atoms with Gasteiger partial charge in [0.05, 0.1) is 6.10 Å². The second-order valence-corrected chi connectivity index (χ2v) is 10.9. The molecule has 1 aliphatic carbocycles. The lowest BCUT2D eigenvalue weighted by Crippen LogP contribution is -2.16. The van der Waals surface area contributed by atoms with E-state index in [1.807, 2.05) is 0 Å². The highest BCUT2D eigenvalue weighted by molar-refractivity contribution is 8.33. The monoisotopic (exact) mass is 314 g/mol. The van der Waals surface area contributed by atoms with Crippen LogP contribution in [0.5, 0.6) is 5.75 Å². The minimum Gasteiger partial charge on any atom is -0.489 e. The maximum atomic E-state index is 6.48. The Bertz CT molecular complexity index is 683. The molecular formula is C20H26OS. The van der Waals surface area contributed by atoms with E-state index in [1.54, 1.807) is 4.90 Å². The van der Waals surface area contributed by atoms with E-state index < -0.39 is 10.0 Å². The van der Waals surface area contributed by atoms with Gasteiger partial charge in [-0.25, -0.2) is 10.0 Å². The lowest BCUT2D eigenvalue weighted by atomic mass is 10.1. The maximum absolute atomic E-state index is 6.48. The zero-order valence-electron chi connectivity index (χ0n) is 13.7. The molecule has 1 atom stereocenters. The topological polar surface area (TPSA) is 9.23 Å². The molecule has 0 amide bonds. The summed E-state index contributed by atoms with van der Waals surface area (Å²) in [7, 11) is -0.716. The first-order chi connectivity index (χ1) is 10.7. The van der Waals surface area contributed by atoms with Gasteiger partial charge in [0.2, 0.25) is 0 Å². The van der Waals surface area contributed by atoms with E-state index in [0.717, 1.165) is 5.92 Å². The van der Waals surface area contributed by atoms with E-state index in [4.69, 9.17) is 4.74 Å². The molecule has 1 unspecified atom stereocenters. The first kappa shape index (κ1) is 14.4. The standard InChI is InChI=1S/C20H26OS/c1-15(16-9-10-16)21-19-12-11-17-7-3-4-8-18(17)20(19)22(2)13-5-6-14-22/h3-4,7-8,11-12,15-16H,5-6,9-10,13-14H2,1-2H3. The SMILES string of the molecule is CC(Oc1ccc2ccccc2c1S1(C)CCCC1)C1CC1. The molecule has 1 aliphatic heterocycles. The van der Waals surface area contributed by atoms with E-state index in [-0.39, 0.29) is 0 Å². The van der Waals surface area contributed by atoms with Crippen molar-refractivity contribution in [3.8, 4) is 5.75 Å². The van der Waals surface area contributed by atoms with E-state index in [2.05, 4.69) is 49.6 Å². The molecule has 22 heavy (non-hydrogen) atoms. The van der Waals surface area contributed by atoms with Crippen molar-refractivity contribution in [2.45, 2.75) is 43.6 Å². The van der Waals surface area contributed by atoms with Gasteiger partial charge in [0, 0.05) is 4.90 Å². The molecule has 118 valence electrons. The Morgan fingerprint density at radius 2 is 1.77 bits per heavy atom. The van der Waals surface area contributed by atoms with E-state index >= 15 is 0 Å². The van der Waals surface area contributed by atoms with Crippen LogP contribution in [0.3, 0.4) is 0 Å². The van der Waals surface area contributed by atoms with Crippen LogP contribution in [0.2, 0.25) is 0 Å². The van der Waals surface area contributed by atoms with Crippen molar-refractivity contribution < 1.29 is 4.74 Å². The van der Waals surface area contributed by atoms with Crippen molar-refractivity contribution in [3.05, 3.63) is 36.4 Å². The van der Waals surface area contributed by atoms with Crippen molar-refractivity contribution in [3.63, 3.8) is 0 Å². The molecule has 1 nitrogen and oxygen atoms in total. The minimum absolute atomic E-state index is 0.365. The lowest BCUT2D eigenvalue weighted by molar-refractivity contribution is 0.193. The number of hydrogen-bond acceptors (Lipinski definition) is 1. The van der Waals surface area contributed by atoms with Crippen molar-refractivity contribution in [1.29, 1.82) is 0 Å². The summed E-state index contributed by atoms with van der Waals surface area (Å²) in [6.07, 6.45) is 8.34. The fraction of sp³-hybridized carbons (Fsp3) is 0.500. The summed E-state index contributed by atoms with van der Waals surface area (Å²) in [5.41, 5.74) is 0. The Kier molecular flexibility index (Phi) is 3.60. The molecule has 2 aromatic carbocycles. The highest BCUT2D eigenvalue weighted by Crippen LogP contribution is 2.62. The third kappa shape index (κ3) is 2.52. The molecule has 4 rings (SSSR count). The van der Waals surface area contributed by atoms with E-state index in [1.165, 1.54) is 53.7 Å². The molecule has 2 aromatic rings. The summed E-state index contributed by atoms with van der Waals surface area (Å²) in [5.74, 6) is 4.70. The number of benzene rings is 2. The van der Waals surface area contributed by atoms with Gasteiger partial charge in [-0.05, 0) is 73.1 Å². The van der Waals surface area contributed by atoms with Crippen LogP contribution >= 0.6 is 10.0 Å². The molecule has 0 aromatic heterocycles. The quantitative estimate of drug-likeness (QED) is 0.713. The zero-order chi connectivity index (χ0) is 15.2. The molecule has 1 heterocycles. The average molecular weight is 314 g/mol. The van der Waals surface area contributed by atoms with Gasteiger partial charge in [0.1, 0.15) is 5.75 Å². The fourth-order valence-corrected chi connectivity index (χ4v) is 7.45. The van der Waals surface area contributed by atoms with Gasteiger partial charge in [0.15, 0.2) is 0 Å². The van der Waals surface area contributed by atoms with Crippen molar-refractivity contribution in [2.75, 3.05) is 17.8 Å². The smallest absolute Gasteiger partial charge is 0.132 e. The summed E-state index contributed by atoms with van der Waals surface area (Å²) >= 11 is 0. The third-order valence-corrected chi connectivity index (χ3v) is 9.16. The summed E-state index contributed by atoms with van der Waals surface area (Å²) in [4.78, 5) is 1.55. The van der Waals surface area contributed by atoms with E-state index in [0.29, 0.717) is 6.10 Å². The van der Waals surface area contributed by atoms with Gasteiger partial charge in [-0.2, -0.15) is 0 Å². The Labute approximate surface area is 135 Å². The van der Waals surface area contributed by atoms with Gasteiger partial charge in [-0.3, -0.25) is 0 Å². The molecule has 1 saturated carbocycles. The van der Waals surface area contributed by atoms with Gasteiger partial charge in [-0.15, -0.1) is 0 Å². The molecule has 2 heteroatoms. The van der Waals surface area contributed by atoms with Crippen molar-refractivity contribution in [2.24, 2.45) is 5.92 Å². The molecule has 0 radical (unpaired) electrons. The Balaban J connectivity index is 1.84. The highest BCUT2D eigenvalue weighted by atomic mass is 32.3. The van der Waals surface area contributed by atoms with Crippen LogP contribution in [0.25, 0.3) is 10.8 Å². The predicted molar refractivity (Wildman–Crippen MR) is 97.5 cm³/mol. The maximum Gasteiger partial charge on any atom is 0.132 e. The largest absolute Gasteiger partial charge is 0.489 e. The van der Waals surface area contributed by atoms with Gasteiger partial charge in [-0.1, -0.05) is 30.3 Å². The summed E-state index contributed by atoms with van der Waals surface area (Å²) in [6.45, 7) is 2.25. The van der Waals surface area contributed by atoms with Crippen LogP contribution in [-0.2, 0) is 0 Å². The van der Waals surface area contributed by atoms with Gasteiger partial charge >= 0.3 is 0 Å².